The van der Waals surface area contributed by atoms with E-state index in [-0.39, 0.29) is 23.4 Å². The van der Waals surface area contributed by atoms with Crippen molar-refractivity contribution in [2.24, 2.45) is 5.92 Å². The van der Waals surface area contributed by atoms with E-state index in [9.17, 15) is 9.59 Å². The molecule has 3 rings (SSSR count). The molecular weight excluding hydrogens is 322 g/mol. The van der Waals surface area contributed by atoms with Crippen molar-refractivity contribution >= 4 is 11.8 Å². The molecule has 7 nitrogen and oxygen atoms in total. The van der Waals surface area contributed by atoms with Gasteiger partial charge in [-0.1, -0.05) is 17.3 Å². The number of nitrogens with one attached hydrogen (secondary N) is 1. The molecular formula is C18H21N3O4. The van der Waals surface area contributed by atoms with Crippen LogP contribution in [0.15, 0.2) is 34.9 Å². The maximum absolute atomic E-state index is 12.1. The summed E-state index contributed by atoms with van der Waals surface area (Å²) < 4.78 is 10.1. The van der Waals surface area contributed by atoms with Gasteiger partial charge in [-0.05, 0) is 31.0 Å². The van der Waals surface area contributed by atoms with E-state index in [1.165, 1.54) is 0 Å². The summed E-state index contributed by atoms with van der Waals surface area (Å²) in [5.74, 6) is 1.01. The minimum atomic E-state index is -0.197. The molecule has 0 radical (unpaired) electrons. The van der Waals surface area contributed by atoms with E-state index < -0.39 is 0 Å². The second kappa shape index (κ2) is 7.38. The van der Waals surface area contributed by atoms with Gasteiger partial charge in [0.2, 0.25) is 5.91 Å². The lowest BCUT2D eigenvalue weighted by molar-refractivity contribution is -0.128. The van der Waals surface area contributed by atoms with Gasteiger partial charge in [-0.3, -0.25) is 9.59 Å². The number of nitrogens with zero attached hydrogens (tertiary/aromatic N) is 2. The number of ether oxygens (including phenoxy) is 1. The van der Waals surface area contributed by atoms with Crippen molar-refractivity contribution in [3.05, 3.63) is 47.3 Å². The van der Waals surface area contributed by atoms with Crippen molar-refractivity contribution in [1.82, 2.24) is 15.4 Å². The van der Waals surface area contributed by atoms with Crippen molar-refractivity contribution in [1.29, 1.82) is 0 Å². The lowest BCUT2D eigenvalue weighted by Gasteiger charge is -2.37. The molecule has 2 aromatic rings. The molecule has 0 bridgehead atoms. The highest BCUT2D eigenvalue weighted by Gasteiger charge is 2.36. The molecule has 1 aromatic heterocycles. The zero-order chi connectivity index (χ0) is 17.8. The van der Waals surface area contributed by atoms with Crippen LogP contribution < -0.4 is 10.1 Å². The van der Waals surface area contributed by atoms with Gasteiger partial charge in [0.15, 0.2) is 5.69 Å². The predicted octanol–water partition coefficient (Wildman–Crippen LogP) is 1.42. The fourth-order valence-electron chi connectivity index (χ4n) is 2.74. The van der Waals surface area contributed by atoms with Crippen LogP contribution in [0.5, 0.6) is 5.75 Å². The molecule has 0 atom stereocenters. The molecule has 7 heteroatoms. The van der Waals surface area contributed by atoms with Crippen LogP contribution in [0.25, 0.3) is 0 Å². The second-order valence-electron chi connectivity index (χ2n) is 6.12. The van der Waals surface area contributed by atoms with Crippen molar-refractivity contribution in [2.75, 3.05) is 26.7 Å². The molecule has 1 N–H and O–H groups in total. The number of methoxy groups -OCH3 is 1. The number of carbonyl (C=O) groups is 2. The molecule has 132 valence electrons. The molecule has 2 amide bonds. The Kier molecular flexibility index (Phi) is 5.02. The Morgan fingerprint density at radius 2 is 2.16 bits per heavy atom. The van der Waals surface area contributed by atoms with Crippen LogP contribution in [0.4, 0.5) is 0 Å². The summed E-state index contributed by atoms with van der Waals surface area (Å²) in [5, 5.41) is 6.63. The summed E-state index contributed by atoms with van der Waals surface area (Å²) in [6.45, 7) is 3.11. The van der Waals surface area contributed by atoms with Crippen molar-refractivity contribution in [3.8, 4) is 5.75 Å². The summed E-state index contributed by atoms with van der Waals surface area (Å²) >= 11 is 0. The van der Waals surface area contributed by atoms with Gasteiger partial charge in [0.05, 0.1) is 13.0 Å². The summed E-state index contributed by atoms with van der Waals surface area (Å²) in [6.07, 6.45) is 0.733. The van der Waals surface area contributed by atoms with Crippen molar-refractivity contribution in [2.45, 2.75) is 13.3 Å². The third kappa shape index (κ3) is 3.99. The number of aromatic nitrogens is 1. The van der Waals surface area contributed by atoms with Crippen molar-refractivity contribution in [3.63, 3.8) is 0 Å². The smallest absolute Gasteiger partial charge is 0.276 e. The summed E-state index contributed by atoms with van der Waals surface area (Å²) in [4.78, 5) is 25.9. The first kappa shape index (κ1) is 17.0. The number of amides is 2. The highest BCUT2D eigenvalue weighted by Crippen LogP contribution is 2.19. The van der Waals surface area contributed by atoms with Crippen LogP contribution >= 0.6 is 0 Å². The average molecular weight is 343 g/mol. The fourth-order valence-corrected chi connectivity index (χ4v) is 2.74. The Balaban J connectivity index is 1.41. The number of aryl methyl sites for hydroxylation is 1. The topological polar surface area (TPSA) is 84.7 Å². The average Bonchev–Trinajstić information content (AvgIpc) is 3.00. The Labute approximate surface area is 145 Å². The van der Waals surface area contributed by atoms with Gasteiger partial charge in [0.1, 0.15) is 11.5 Å². The van der Waals surface area contributed by atoms with Crippen LogP contribution in [0.1, 0.15) is 21.8 Å². The van der Waals surface area contributed by atoms with Gasteiger partial charge in [0, 0.05) is 25.7 Å². The number of hydrogen-bond acceptors (Lipinski definition) is 5. The maximum atomic E-state index is 12.1. The number of likely N-dealkylation sites (tertiary alicyclic amines) is 1. The first-order chi connectivity index (χ1) is 12.1. The lowest BCUT2D eigenvalue weighted by Crippen LogP contribution is -2.55. The number of rotatable bonds is 6. The minimum Gasteiger partial charge on any atom is -0.497 e. The second-order valence-corrected chi connectivity index (χ2v) is 6.12. The van der Waals surface area contributed by atoms with Crippen molar-refractivity contribution < 1.29 is 18.8 Å². The van der Waals surface area contributed by atoms with Crippen LogP contribution in [0.2, 0.25) is 0 Å². The predicted molar refractivity (Wildman–Crippen MR) is 90.3 cm³/mol. The molecule has 1 aliphatic rings. The Bertz CT molecular complexity index is 765. The third-order valence-corrected chi connectivity index (χ3v) is 4.23. The molecule has 1 fully saturated rings. The number of carbonyl (C=O) groups excluding carboxylic acids is 2. The molecule has 25 heavy (non-hydrogen) atoms. The molecule has 0 unspecified atom stereocenters. The van der Waals surface area contributed by atoms with E-state index in [4.69, 9.17) is 9.26 Å². The molecule has 0 aliphatic carbocycles. The van der Waals surface area contributed by atoms with Crippen LogP contribution in [-0.2, 0) is 11.2 Å². The van der Waals surface area contributed by atoms with Gasteiger partial charge in [-0.25, -0.2) is 0 Å². The monoisotopic (exact) mass is 343 g/mol. The van der Waals surface area contributed by atoms with Gasteiger partial charge in [0.25, 0.3) is 5.91 Å². The zero-order valence-electron chi connectivity index (χ0n) is 14.3. The Morgan fingerprint density at radius 1 is 1.36 bits per heavy atom. The first-order valence-corrected chi connectivity index (χ1v) is 8.20. The van der Waals surface area contributed by atoms with Crippen LogP contribution in [0.3, 0.4) is 0 Å². The van der Waals surface area contributed by atoms with E-state index >= 15 is 0 Å². The molecule has 0 spiro atoms. The van der Waals surface area contributed by atoms with E-state index in [0.717, 1.165) is 17.7 Å². The van der Waals surface area contributed by atoms with E-state index in [1.807, 2.05) is 24.3 Å². The lowest BCUT2D eigenvalue weighted by atomic mass is 9.98. The molecule has 1 aromatic carbocycles. The third-order valence-electron chi connectivity index (χ3n) is 4.23. The Morgan fingerprint density at radius 3 is 2.84 bits per heavy atom. The zero-order valence-corrected chi connectivity index (χ0v) is 14.3. The van der Waals surface area contributed by atoms with Crippen LogP contribution in [0, 0.1) is 12.8 Å². The summed E-state index contributed by atoms with van der Waals surface area (Å²) in [6, 6.07) is 9.37. The Hall–Kier alpha value is -2.83. The molecule has 0 saturated carbocycles. The van der Waals surface area contributed by atoms with E-state index in [1.54, 1.807) is 25.0 Å². The molecule has 1 saturated heterocycles. The van der Waals surface area contributed by atoms with Gasteiger partial charge in [-0.15, -0.1) is 0 Å². The SMILES string of the molecule is COc1cccc(CCNC(=O)C2CN(C(=O)c3cc(C)on3)C2)c1. The highest BCUT2D eigenvalue weighted by molar-refractivity contribution is 5.94. The summed E-state index contributed by atoms with van der Waals surface area (Å²) in [5.41, 5.74) is 1.39. The minimum absolute atomic E-state index is 0.0247. The molecule has 1 aliphatic heterocycles. The van der Waals surface area contributed by atoms with E-state index in [0.29, 0.717) is 25.4 Å². The fraction of sp³-hybridized carbons (Fsp3) is 0.389. The number of hydrogen-bond donors (Lipinski definition) is 1. The van der Waals surface area contributed by atoms with Gasteiger partial charge in [-0.2, -0.15) is 0 Å². The van der Waals surface area contributed by atoms with E-state index in [2.05, 4.69) is 10.5 Å². The maximum Gasteiger partial charge on any atom is 0.276 e. The first-order valence-electron chi connectivity index (χ1n) is 8.20. The number of benzene rings is 1. The van der Waals surface area contributed by atoms with Gasteiger partial charge >= 0.3 is 0 Å². The highest BCUT2D eigenvalue weighted by atomic mass is 16.5. The summed E-state index contributed by atoms with van der Waals surface area (Å²) in [7, 11) is 1.63. The largest absolute Gasteiger partial charge is 0.497 e. The standard InChI is InChI=1S/C18H21N3O4/c1-12-8-16(20-25-12)18(23)21-10-14(11-21)17(22)19-7-6-13-4-3-5-15(9-13)24-2/h3-5,8-9,14H,6-7,10-11H2,1-2H3,(H,19,22). The van der Waals surface area contributed by atoms with Gasteiger partial charge < -0.3 is 19.5 Å². The quantitative estimate of drug-likeness (QED) is 0.857. The molecule has 2 heterocycles. The normalized spacial score (nSPS) is 14.1. The van der Waals surface area contributed by atoms with Crippen LogP contribution in [-0.4, -0.2) is 48.6 Å².